The summed E-state index contributed by atoms with van der Waals surface area (Å²) < 4.78 is 0. The first-order valence-corrected chi connectivity index (χ1v) is 10.9. The van der Waals surface area contributed by atoms with Gasteiger partial charge in [0.05, 0.1) is 5.69 Å². The summed E-state index contributed by atoms with van der Waals surface area (Å²) in [6, 6.07) is 5.09. The van der Waals surface area contributed by atoms with Gasteiger partial charge in [-0.3, -0.25) is 0 Å². The monoisotopic (exact) mass is 389 g/mol. The number of nitrogens with two attached hydrogens (primary N) is 1. The van der Waals surface area contributed by atoms with E-state index < -0.39 is 0 Å². The molecule has 1 aliphatic carbocycles. The molecule has 148 valence electrons. The summed E-state index contributed by atoms with van der Waals surface area (Å²) in [7, 11) is 0. The number of benzene rings is 1. The van der Waals surface area contributed by atoms with Crippen molar-refractivity contribution in [3.63, 3.8) is 0 Å². The van der Waals surface area contributed by atoms with Crippen LogP contribution in [0.4, 0.5) is 5.13 Å². The maximum absolute atomic E-state index is 9.50. The van der Waals surface area contributed by atoms with Crippen LogP contribution in [-0.2, 0) is 19.3 Å². The van der Waals surface area contributed by atoms with Crippen molar-refractivity contribution in [1.29, 1.82) is 0 Å². The molecule has 5 N–H and O–H groups in total. The highest BCUT2D eigenvalue weighted by Gasteiger charge is 2.21. The average Bonchev–Trinajstić information content (AvgIpc) is 3.02. The van der Waals surface area contributed by atoms with Crippen LogP contribution in [0.1, 0.15) is 54.7 Å². The van der Waals surface area contributed by atoms with Crippen LogP contribution in [0.5, 0.6) is 11.5 Å². The number of nitrogens with zero attached hydrogens (tertiary/aromatic N) is 1. The number of hydrogen-bond donors (Lipinski definition) is 4. The van der Waals surface area contributed by atoms with Gasteiger partial charge >= 0.3 is 0 Å². The van der Waals surface area contributed by atoms with Crippen molar-refractivity contribution in [2.45, 2.75) is 57.8 Å². The molecule has 0 aliphatic heterocycles. The minimum Gasteiger partial charge on any atom is -0.504 e. The molecular weight excluding hydrogens is 358 g/mol. The van der Waals surface area contributed by atoms with Gasteiger partial charge in [0.1, 0.15) is 0 Å². The van der Waals surface area contributed by atoms with E-state index in [-0.39, 0.29) is 11.5 Å². The molecule has 1 heterocycles. The summed E-state index contributed by atoms with van der Waals surface area (Å²) in [4.78, 5) is 5.83. The number of anilines is 1. The van der Waals surface area contributed by atoms with Gasteiger partial charge in [-0.1, -0.05) is 12.5 Å². The third-order valence-corrected chi connectivity index (χ3v) is 6.33. The second kappa shape index (κ2) is 9.95. The van der Waals surface area contributed by atoms with Crippen molar-refractivity contribution in [2.75, 3.05) is 18.8 Å². The summed E-state index contributed by atoms with van der Waals surface area (Å²) in [5, 5.41) is 23.1. The highest BCUT2D eigenvalue weighted by molar-refractivity contribution is 7.15. The molecule has 6 heteroatoms. The lowest BCUT2D eigenvalue weighted by Gasteiger charge is -2.20. The standard InChI is InChI=1S/C21H31N3O2S/c22-21-24-17-9-7-16(14-20(17)27-21)6-4-12-23-11-3-1-2-5-15-8-10-18(25)19(26)13-15/h8,10,13,16,23,25-26H,1-7,9,11-12,14H2,(H2,22,24)/t16-/m0/s1. The van der Waals surface area contributed by atoms with Gasteiger partial charge in [0.15, 0.2) is 16.6 Å². The Kier molecular flexibility index (Phi) is 7.35. The molecule has 1 aromatic carbocycles. The Morgan fingerprint density at radius 2 is 1.96 bits per heavy atom. The lowest BCUT2D eigenvalue weighted by molar-refractivity contribution is 0.403. The fraction of sp³-hybridized carbons (Fsp3) is 0.571. The van der Waals surface area contributed by atoms with E-state index in [4.69, 9.17) is 5.73 Å². The van der Waals surface area contributed by atoms with Crippen LogP contribution in [0.25, 0.3) is 0 Å². The second-order valence-corrected chi connectivity index (χ2v) is 8.67. The van der Waals surface area contributed by atoms with Gasteiger partial charge in [0.2, 0.25) is 0 Å². The predicted molar refractivity (Wildman–Crippen MR) is 111 cm³/mol. The highest BCUT2D eigenvalue weighted by atomic mass is 32.1. The Balaban J connectivity index is 1.19. The van der Waals surface area contributed by atoms with E-state index in [0.717, 1.165) is 55.4 Å². The minimum absolute atomic E-state index is 0.0258. The molecule has 3 rings (SSSR count). The summed E-state index contributed by atoms with van der Waals surface area (Å²) in [5.41, 5.74) is 8.14. The van der Waals surface area contributed by atoms with Gasteiger partial charge in [-0.05, 0) is 88.1 Å². The van der Waals surface area contributed by atoms with Crippen LogP contribution in [0.15, 0.2) is 18.2 Å². The molecular formula is C21H31N3O2S. The second-order valence-electron chi connectivity index (χ2n) is 7.56. The Morgan fingerprint density at radius 1 is 1.11 bits per heavy atom. The molecule has 1 aliphatic rings. The van der Waals surface area contributed by atoms with Crippen LogP contribution >= 0.6 is 11.3 Å². The predicted octanol–water partition coefficient (Wildman–Crippen LogP) is 4.02. The smallest absolute Gasteiger partial charge is 0.180 e. The van der Waals surface area contributed by atoms with Crippen molar-refractivity contribution in [2.24, 2.45) is 5.92 Å². The molecule has 0 unspecified atom stereocenters. The average molecular weight is 390 g/mol. The number of rotatable bonds is 10. The first-order valence-electron chi connectivity index (χ1n) is 10.1. The summed E-state index contributed by atoms with van der Waals surface area (Å²) in [6.07, 6.45) is 10.4. The number of thiazole rings is 1. The van der Waals surface area contributed by atoms with E-state index >= 15 is 0 Å². The van der Waals surface area contributed by atoms with E-state index in [1.165, 1.54) is 42.7 Å². The fourth-order valence-electron chi connectivity index (χ4n) is 3.83. The lowest BCUT2D eigenvalue weighted by atomic mass is 9.88. The number of aromatic hydroxyl groups is 2. The van der Waals surface area contributed by atoms with E-state index in [2.05, 4.69) is 10.3 Å². The summed E-state index contributed by atoms with van der Waals surface area (Å²) in [5.74, 6) is 0.718. The van der Waals surface area contributed by atoms with Gasteiger partial charge in [0.25, 0.3) is 0 Å². The summed E-state index contributed by atoms with van der Waals surface area (Å²) in [6.45, 7) is 2.17. The molecule has 1 aromatic heterocycles. The Hall–Kier alpha value is -1.79. The van der Waals surface area contributed by atoms with Gasteiger partial charge in [-0.2, -0.15) is 0 Å². The van der Waals surface area contributed by atoms with E-state index in [0.29, 0.717) is 0 Å². The normalized spacial score (nSPS) is 16.4. The van der Waals surface area contributed by atoms with Crippen molar-refractivity contribution < 1.29 is 10.2 Å². The number of phenols is 2. The SMILES string of the molecule is Nc1nc2c(s1)C[C@@H](CCCNCCCCCc1ccc(O)c(O)c1)CC2. The zero-order chi connectivity index (χ0) is 19.1. The van der Waals surface area contributed by atoms with E-state index in [9.17, 15) is 10.2 Å². The van der Waals surface area contributed by atoms with Crippen LogP contribution in [0.3, 0.4) is 0 Å². The zero-order valence-electron chi connectivity index (χ0n) is 15.9. The van der Waals surface area contributed by atoms with Crippen LogP contribution in [0.2, 0.25) is 0 Å². The topological polar surface area (TPSA) is 91.4 Å². The van der Waals surface area contributed by atoms with E-state index in [1.54, 1.807) is 23.5 Å². The molecule has 0 saturated heterocycles. The molecule has 0 fully saturated rings. The summed E-state index contributed by atoms with van der Waals surface area (Å²) >= 11 is 1.67. The fourth-order valence-corrected chi connectivity index (χ4v) is 4.82. The largest absolute Gasteiger partial charge is 0.504 e. The number of nitrogen functional groups attached to an aromatic ring is 1. The number of aryl methyl sites for hydroxylation is 2. The molecule has 0 amide bonds. The minimum atomic E-state index is -0.0483. The van der Waals surface area contributed by atoms with Gasteiger partial charge in [0, 0.05) is 4.88 Å². The molecule has 0 spiro atoms. The van der Waals surface area contributed by atoms with Gasteiger partial charge < -0.3 is 21.3 Å². The highest BCUT2D eigenvalue weighted by Crippen LogP contribution is 2.32. The van der Waals surface area contributed by atoms with E-state index in [1.807, 2.05) is 6.07 Å². The van der Waals surface area contributed by atoms with Crippen LogP contribution in [-0.4, -0.2) is 28.3 Å². The van der Waals surface area contributed by atoms with Gasteiger partial charge in [-0.15, -0.1) is 11.3 Å². The van der Waals surface area contributed by atoms with Crippen molar-refractivity contribution in [1.82, 2.24) is 10.3 Å². The number of nitrogens with one attached hydrogen (secondary N) is 1. The molecule has 0 bridgehead atoms. The molecule has 0 radical (unpaired) electrons. The molecule has 2 aromatic rings. The first kappa shape index (κ1) is 20.0. The number of phenolic OH excluding ortho intramolecular Hbond substituents is 2. The van der Waals surface area contributed by atoms with Crippen molar-refractivity contribution >= 4 is 16.5 Å². The number of aromatic nitrogens is 1. The molecule has 27 heavy (non-hydrogen) atoms. The maximum atomic E-state index is 9.50. The third-order valence-electron chi connectivity index (χ3n) is 5.38. The zero-order valence-corrected chi connectivity index (χ0v) is 16.7. The number of hydrogen-bond acceptors (Lipinski definition) is 6. The first-order chi connectivity index (χ1) is 13.1. The van der Waals surface area contributed by atoms with Gasteiger partial charge in [-0.25, -0.2) is 4.98 Å². The number of unbranched alkanes of at least 4 members (excludes halogenated alkanes) is 2. The lowest BCUT2D eigenvalue weighted by Crippen LogP contribution is -2.19. The molecule has 1 atom stereocenters. The van der Waals surface area contributed by atoms with Crippen molar-refractivity contribution in [3.8, 4) is 11.5 Å². The Morgan fingerprint density at radius 3 is 2.81 bits per heavy atom. The third kappa shape index (κ3) is 6.11. The Labute approximate surface area is 165 Å². The van der Waals surface area contributed by atoms with Crippen LogP contribution < -0.4 is 11.1 Å². The quantitative estimate of drug-likeness (QED) is 0.364. The molecule has 5 nitrogen and oxygen atoms in total. The maximum Gasteiger partial charge on any atom is 0.180 e. The number of fused-ring (bicyclic) bond motifs is 1. The van der Waals surface area contributed by atoms with Crippen LogP contribution in [0, 0.1) is 5.92 Å². The molecule has 0 saturated carbocycles. The Bertz CT molecular complexity index is 732. The van der Waals surface area contributed by atoms with Crippen molar-refractivity contribution in [3.05, 3.63) is 34.3 Å².